The van der Waals surface area contributed by atoms with E-state index in [9.17, 15) is 24.6 Å². The summed E-state index contributed by atoms with van der Waals surface area (Å²) in [4.78, 5) is 34.4. The van der Waals surface area contributed by atoms with Crippen molar-refractivity contribution in [2.24, 2.45) is 0 Å². The SMILES string of the molecule is CCc1cc(O)c2c(c1O)C(=O)CC(=O)C2=O. The van der Waals surface area contributed by atoms with Crippen LogP contribution in [0, 0.1) is 0 Å². The van der Waals surface area contributed by atoms with E-state index in [2.05, 4.69) is 0 Å². The van der Waals surface area contributed by atoms with Crippen LogP contribution in [-0.2, 0) is 11.2 Å². The number of hydrogen-bond donors (Lipinski definition) is 2. The van der Waals surface area contributed by atoms with Gasteiger partial charge < -0.3 is 10.2 Å². The van der Waals surface area contributed by atoms with Gasteiger partial charge in [-0.05, 0) is 18.1 Å². The van der Waals surface area contributed by atoms with E-state index in [4.69, 9.17) is 0 Å². The molecule has 2 N–H and O–H groups in total. The number of Topliss-reactive ketones (excluding diaryl/α,β-unsaturated/α-hetero) is 3. The van der Waals surface area contributed by atoms with E-state index in [1.807, 2.05) is 0 Å². The van der Waals surface area contributed by atoms with Gasteiger partial charge in [-0.2, -0.15) is 0 Å². The number of aromatic hydroxyl groups is 2. The zero-order valence-corrected chi connectivity index (χ0v) is 9.11. The van der Waals surface area contributed by atoms with Crippen LogP contribution in [0.15, 0.2) is 6.07 Å². The zero-order chi connectivity index (χ0) is 12.7. The number of hydrogen-bond acceptors (Lipinski definition) is 5. The van der Waals surface area contributed by atoms with Gasteiger partial charge in [0.05, 0.1) is 17.5 Å². The van der Waals surface area contributed by atoms with Crippen LogP contribution in [0.3, 0.4) is 0 Å². The Morgan fingerprint density at radius 2 is 1.76 bits per heavy atom. The summed E-state index contributed by atoms with van der Waals surface area (Å²) in [6.45, 7) is 1.74. The first-order valence-electron chi connectivity index (χ1n) is 5.15. The molecule has 0 heterocycles. The third-order valence-corrected chi connectivity index (χ3v) is 2.82. The molecule has 0 bridgehead atoms. The number of ketones is 3. The van der Waals surface area contributed by atoms with Crippen LogP contribution in [-0.4, -0.2) is 27.6 Å². The van der Waals surface area contributed by atoms with E-state index in [0.29, 0.717) is 12.0 Å². The molecule has 0 unspecified atom stereocenters. The van der Waals surface area contributed by atoms with Crippen molar-refractivity contribution in [1.82, 2.24) is 0 Å². The largest absolute Gasteiger partial charge is 0.507 e. The molecule has 1 aliphatic carbocycles. The highest BCUT2D eigenvalue weighted by molar-refractivity contribution is 6.51. The Hall–Kier alpha value is -2.17. The summed E-state index contributed by atoms with van der Waals surface area (Å²) in [5.41, 5.74) is -0.232. The maximum atomic E-state index is 11.6. The number of phenolic OH excluding ortho intramolecular Hbond substituents is 2. The molecule has 88 valence electrons. The van der Waals surface area contributed by atoms with Crippen LogP contribution in [0.1, 0.15) is 39.6 Å². The zero-order valence-electron chi connectivity index (χ0n) is 9.11. The normalized spacial score (nSPS) is 15.0. The number of rotatable bonds is 1. The van der Waals surface area contributed by atoms with Crippen LogP contribution in [0.5, 0.6) is 11.5 Å². The molecular formula is C12H10O5. The fourth-order valence-corrected chi connectivity index (χ4v) is 1.94. The number of carbonyl (C=O) groups is 3. The van der Waals surface area contributed by atoms with Gasteiger partial charge in [0.2, 0.25) is 11.6 Å². The first-order valence-corrected chi connectivity index (χ1v) is 5.15. The minimum atomic E-state index is -0.921. The van der Waals surface area contributed by atoms with Gasteiger partial charge in [0.25, 0.3) is 0 Å². The van der Waals surface area contributed by atoms with E-state index in [1.165, 1.54) is 6.07 Å². The molecule has 1 aliphatic rings. The molecule has 0 spiro atoms. The quantitative estimate of drug-likeness (QED) is 0.429. The number of fused-ring (bicyclic) bond motifs is 1. The maximum Gasteiger partial charge on any atom is 0.233 e. The molecule has 0 atom stereocenters. The minimum Gasteiger partial charge on any atom is -0.507 e. The van der Waals surface area contributed by atoms with Crippen molar-refractivity contribution in [3.8, 4) is 11.5 Å². The number of aryl methyl sites for hydroxylation is 1. The molecular weight excluding hydrogens is 224 g/mol. The lowest BCUT2D eigenvalue weighted by Gasteiger charge is -2.17. The highest BCUT2D eigenvalue weighted by Gasteiger charge is 2.36. The van der Waals surface area contributed by atoms with Crippen LogP contribution >= 0.6 is 0 Å². The molecule has 0 amide bonds. The molecule has 5 nitrogen and oxygen atoms in total. The van der Waals surface area contributed by atoms with Crippen LogP contribution in [0.2, 0.25) is 0 Å². The Bertz CT molecular complexity index is 557. The van der Waals surface area contributed by atoms with Crippen LogP contribution in [0.4, 0.5) is 0 Å². The second-order valence-electron chi connectivity index (χ2n) is 3.86. The van der Waals surface area contributed by atoms with Crippen molar-refractivity contribution in [1.29, 1.82) is 0 Å². The number of carbonyl (C=O) groups excluding carboxylic acids is 3. The topological polar surface area (TPSA) is 91.7 Å². The molecule has 1 aromatic rings. The van der Waals surface area contributed by atoms with Crippen molar-refractivity contribution in [2.45, 2.75) is 19.8 Å². The molecule has 1 aromatic carbocycles. The molecule has 5 heteroatoms. The first kappa shape index (κ1) is 11.3. The lowest BCUT2D eigenvalue weighted by Crippen LogP contribution is -2.27. The van der Waals surface area contributed by atoms with Crippen LogP contribution in [0.25, 0.3) is 0 Å². The second kappa shape index (κ2) is 3.69. The van der Waals surface area contributed by atoms with E-state index in [-0.39, 0.29) is 16.9 Å². The van der Waals surface area contributed by atoms with Crippen molar-refractivity contribution < 1.29 is 24.6 Å². The van der Waals surface area contributed by atoms with Gasteiger partial charge in [-0.3, -0.25) is 14.4 Å². The highest BCUT2D eigenvalue weighted by atomic mass is 16.3. The Balaban J connectivity index is 2.82. The summed E-state index contributed by atoms with van der Waals surface area (Å²) in [5.74, 6) is -3.16. The molecule has 0 saturated heterocycles. The van der Waals surface area contributed by atoms with Gasteiger partial charge in [-0.25, -0.2) is 0 Å². The highest BCUT2D eigenvalue weighted by Crippen LogP contribution is 2.37. The smallest absolute Gasteiger partial charge is 0.233 e. The molecule has 0 radical (unpaired) electrons. The Kier molecular flexibility index (Phi) is 2.46. The summed E-state index contributed by atoms with van der Waals surface area (Å²) in [7, 11) is 0. The van der Waals surface area contributed by atoms with Gasteiger partial charge in [0, 0.05) is 0 Å². The number of phenols is 2. The molecule has 0 aromatic heterocycles. The standard InChI is InChI=1S/C12H10O5/c1-2-5-3-6(13)10-9(11(5)16)7(14)4-8(15)12(10)17/h3,13,16H,2,4H2,1H3. The third-order valence-electron chi connectivity index (χ3n) is 2.82. The number of benzene rings is 1. The van der Waals surface area contributed by atoms with Crippen molar-refractivity contribution in [2.75, 3.05) is 0 Å². The summed E-state index contributed by atoms with van der Waals surface area (Å²) in [6, 6.07) is 1.21. The van der Waals surface area contributed by atoms with E-state index >= 15 is 0 Å². The first-order chi connectivity index (χ1) is 7.97. The third kappa shape index (κ3) is 1.51. The fourth-order valence-electron chi connectivity index (χ4n) is 1.94. The summed E-state index contributed by atoms with van der Waals surface area (Å²) in [5, 5.41) is 19.5. The predicted molar refractivity (Wildman–Crippen MR) is 57.4 cm³/mol. The van der Waals surface area contributed by atoms with Gasteiger partial charge in [-0.1, -0.05) is 6.92 Å². The summed E-state index contributed by atoms with van der Waals surface area (Å²) >= 11 is 0. The molecule has 0 fully saturated rings. The van der Waals surface area contributed by atoms with Crippen molar-refractivity contribution >= 4 is 17.3 Å². The van der Waals surface area contributed by atoms with Gasteiger partial charge in [0.15, 0.2) is 5.78 Å². The summed E-state index contributed by atoms with van der Waals surface area (Å²) < 4.78 is 0. The lowest BCUT2D eigenvalue weighted by molar-refractivity contribution is -0.114. The maximum absolute atomic E-state index is 11.6. The summed E-state index contributed by atoms with van der Waals surface area (Å²) in [6.07, 6.45) is -0.145. The second-order valence-corrected chi connectivity index (χ2v) is 3.86. The Morgan fingerprint density at radius 1 is 1.12 bits per heavy atom. The average Bonchev–Trinajstić information content (AvgIpc) is 2.28. The Morgan fingerprint density at radius 3 is 2.35 bits per heavy atom. The van der Waals surface area contributed by atoms with E-state index in [1.54, 1.807) is 6.92 Å². The van der Waals surface area contributed by atoms with Gasteiger partial charge in [-0.15, -0.1) is 0 Å². The fraction of sp³-hybridized carbons (Fsp3) is 0.250. The van der Waals surface area contributed by atoms with E-state index < -0.39 is 29.5 Å². The van der Waals surface area contributed by atoms with Crippen LogP contribution < -0.4 is 0 Å². The van der Waals surface area contributed by atoms with E-state index in [0.717, 1.165) is 0 Å². The van der Waals surface area contributed by atoms with Gasteiger partial charge in [0.1, 0.15) is 11.5 Å². The molecule has 2 rings (SSSR count). The van der Waals surface area contributed by atoms with Crippen molar-refractivity contribution in [3.05, 3.63) is 22.8 Å². The molecule has 0 saturated carbocycles. The monoisotopic (exact) mass is 234 g/mol. The van der Waals surface area contributed by atoms with Crippen molar-refractivity contribution in [3.63, 3.8) is 0 Å². The Labute approximate surface area is 96.7 Å². The molecule has 17 heavy (non-hydrogen) atoms. The molecule has 0 aliphatic heterocycles. The average molecular weight is 234 g/mol. The minimum absolute atomic E-state index is 0.230. The predicted octanol–water partition coefficient (Wildman–Crippen LogP) is 0.998. The van der Waals surface area contributed by atoms with Gasteiger partial charge >= 0.3 is 0 Å². The lowest BCUT2D eigenvalue weighted by atomic mass is 9.85.